The molecule has 7 heteroatoms. The Labute approximate surface area is 161 Å². The zero-order chi connectivity index (χ0) is 19.5. The zero-order valence-electron chi connectivity index (χ0n) is 15.4. The third kappa shape index (κ3) is 3.64. The maximum atomic E-state index is 12.5. The first-order valence-corrected chi connectivity index (χ1v) is 9.12. The van der Waals surface area contributed by atoms with Gasteiger partial charge in [0.2, 0.25) is 11.8 Å². The number of aromatic nitrogens is 2. The second kappa shape index (κ2) is 7.64. The maximum Gasteiger partial charge on any atom is 0.338 e. The van der Waals surface area contributed by atoms with Gasteiger partial charge in [0, 0.05) is 24.2 Å². The Kier molecular flexibility index (Phi) is 4.89. The molecular formula is C21H19N3O4. The fraction of sp³-hybridized carbons (Fsp3) is 0.238. The number of esters is 1. The normalized spacial score (nSPS) is 14.9. The van der Waals surface area contributed by atoms with E-state index in [-0.39, 0.29) is 11.8 Å². The molecule has 28 heavy (non-hydrogen) atoms. The van der Waals surface area contributed by atoms with Crippen LogP contribution in [0.15, 0.2) is 59.0 Å². The molecule has 7 nitrogen and oxygen atoms in total. The summed E-state index contributed by atoms with van der Waals surface area (Å²) in [4.78, 5) is 26.1. The number of amides is 1. The van der Waals surface area contributed by atoms with Crippen LogP contribution in [0.5, 0.6) is 0 Å². The van der Waals surface area contributed by atoms with E-state index in [4.69, 9.17) is 9.15 Å². The molecule has 1 aromatic heterocycles. The summed E-state index contributed by atoms with van der Waals surface area (Å²) in [5, 5.41) is 7.99. The summed E-state index contributed by atoms with van der Waals surface area (Å²) in [5.41, 5.74) is 1.86. The van der Waals surface area contributed by atoms with Crippen LogP contribution in [0.4, 0.5) is 5.69 Å². The Morgan fingerprint density at radius 2 is 1.96 bits per heavy atom. The van der Waals surface area contributed by atoms with Gasteiger partial charge in [-0.15, -0.1) is 10.2 Å². The molecule has 1 saturated heterocycles. The van der Waals surface area contributed by atoms with Crippen LogP contribution in [0.2, 0.25) is 0 Å². The molecule has 0 saturated carbocycles. The number of benzene rings is 2. The van der Waals surface area contributed by atoms with Gasteiger partial charge in [-0.1, -0.05) is 24.3 Å². The summed E-state index contributed by atoms with van der Waals surface area (Å²) in [6.45, 7) is 2.34. The van der Waals surface area contributed by atoms with Crippen LogP contribution in [0.3, 0.4) is 0 Å². The summed E-state index contributed by atoms with van der Waals surface area (Å²) in [6.07, 6.45) is 0.660. The molecule has 1 amide bonds. The largest absolute Gasteiger partial charge is 0.449 e. The average molecular weight is 377 g/mol. The van der Waals surface area contributed by atoms with E-state index in [1.54, 1.807) is 30.0 Å². The monoisotopic (exact) mass is 377 g/mol. The summed E-state index contributed by atoms with van der Waals surface area (Å²) in [7, 11) is 0. The van der Waals surface area contributed by atoms with Crippen molar-refractivity contribution in [2.45, 2.75) is 25.9 Å². The van der Waals surface area contributed by atoms with E-state index in [0.717, 1.165) is 12.0 Å². The van der Waals surface area contributed by atoms with Gasteiger partial charge in [-0.3, -0.25) is 4.79 Å². The molecule has 0 bridgehead atoms. The minimum atomic E-state index is -0.700. The van der Waals surface area contributed by atoms with E-state index >= 15 is 0 Å². The lowest BCUT2D eigenvalue weighted by molar-refractivity contribution is -0.117. The molecule has 1 aliphatic rings. The predicted molar refractivity (Wildman–Crippen MR) is 102 cm³/mol. The van der Waals surface area contributed by atoms with Crippen molar-refractivity contribution in [3.05, 3.63) is 66.1 Å². The first-order valence-electron chi connectivity index (χ1n) is 9.12. The first-order chi connectivity index (χ1) is 13.6. The van der Waals surface area contributed by atoms with E-state index in [1.807, 2.05) is 36.4 Å². The van der Waals surface area contributed by atoms with Crippen LogP contribution < -0.4 is 4.90 Å². The number of hydrogen-bond acceptors (Lipinski definition) is 6. The van der Waals surface area contributed by atoms with Gasteiger partial charge >= 0.3 is 5.97 Å². The summed E-state index contributed by atoms with van der Waals surface area (Å²) in [5.74, 6) is 0.143. The smallest absolute Gasteiger partial charge is 0.338 e. The van der Waals surface area contributed by atoms with E-state index in [2.05, 4.69) is 10.2 Å². The Balaban J connectivity index is 1.46. The zero-order valence-corrected chi connectivity index (χ0v) is 15.4. The number of anilines is 1. The Morgan fingerprint density at radius 3 is 2.71 bits per heavy atom. The Bertz CT molecular complexity index is 1000. The highest BCUT2D eigenvalue weighted by atomic mass is 16.6. The number of carbonyl (C=O) groups is 2. The van der Waals surface area contributed by atoms with Gasteiger partial charge in [0.25, 0.3) is 5.89 Å². The minimum Gasteiger partial charge on any atom is -0.449 e. The van der Waals surface area contributed by atoms with E-state index < -0.39 is 12.1 Å². The topological polar surface area (TPSA) is 85.5 Å². The van der Waals surface area contributed by atoms with Gasteiger partial charge in [0.1, 0.15) is 0 Å². The van der Waals surface area contributed by atoms with Gasteiger partial charge < -0.3 is 14.1 Å². The number of rotatable bonds is 5. The molecule has 1 fully saturated rings. The van der Waals surface area contributed by atoms with Crippen LogP contribution in [-0.4, -0.2) is 28.6 Å². The molecule has 1 atom stereocenters. The molecule has 1 aliphatic heterocycles. The van der Waals surface area contributed by atoms with Crippen LogP contribution in [0, 0.1) is 0 Å². The standard InChI is InChI=1S/C21H19N3O4/c1-14(19-22-23-20(28-19)15-7-3-2-4-8-15)27-21(26)16-9-5-10-17(13-16)24-12-6-11-18(24)25/h2-5,7-10,13-14H,6,11-12H2,1H3. The van der Waals surface area contributed by atoms with Crippen molar-refractivity contribution < 1.29 is 18.7 Å². The van der Waals surface area contributed by atoms with Crippen LogP contribution >= 0.6 is 0 Å². The third-order valence-electron chi connectivity index (χ3n) is 4.56. The third-order valence-corrected chi connectivity index (χ3v) is 4.56. The van der Waals surface area contributed by atoms with Gasteiger partial charge in [-0.05, 0) is 43.7 Å². The summed E-state index contributed by atoms with van der Waals surface area (Å²) in [6, 6.07) is 16.2. The molecule has 4 rings (SSSR count). The molecule has 0 spiro atoms. The van der Waals surface area contributed by atoms with Gasteiger partial charge in [0.05, 0.1) is 5.56 Å². The number of nitrogens with zero attached hydrogens (tertiary/aromatic N) is 3. The molecule has 142 valence electrons. The molecule has 3 aromatic rings. The van der Waals surface area contributed by atoms with Gasteiger partial charge in [-0.25, -0.2) is 4.79 Å². The Morgan fingerprint density at radius 1 is 1.14 bits per heavy atom. The van der Waals surface area contributed by atoms with Crippen molar-refractivity contribution in [1.29, 1.82) is 0 Å². The highest BCUT2D eigenvalue weighted by Crippen LogP contribution is 2.25. The molecular weight excluding hydrogens is 358 g/mol. The predicted octanol–water partition coefficient (Wildman–Crippen LogP) is 3.78. The lowest BCUT2D eigenvalue weighted by atomic mass is 10.2. The molecule has 0 radical (unpaired) electrons. The average Bonchev–Trinajstić information content (AvgIpc) is 3.38. The first kappa shape index (κ1) is 17.9. The highest BCUT2D eigenvalue weighted by molar-refractivity contribution is 5.97. The minimum absolute atomic E-state index is 0.0678. The van der Waals surface area contributed by atoms with Crippen molar-refractivity contribution in [2.24, 2.45) is 0 Å². The second-order valence-corrected chi connectivity index (χ2v) is 6.56. The lowest BCUT2D eigenvalue weighted by Gasteiger charge is -2.16. The summed E-state index contributed by atoms with van der Waals surface area (Å²) >= 11 is 0. The number of hydrogen-bond donors (Lipinski definition) is 0. The van der Waals surface area contributed by atoms with E-state index in [1.165, 1.54) is 0 Å². The van der Waals surface area contributed by atoms with E-state index in [0.29, 0.717) is 30.1 Å². The SMILES string of the molecule is CC(OC(=O)c1cccc(N2CCCC2=O)c1)c1nnc(-c2ccccc2)o1. The second-order valence-electron chi connectivity index (χ2n) is 6.56. The molecule has 1 unspecified atom stereocenters. The summed E-state index contributed by atoms with van der Waals surface area (Å²) < 4.78 is 11.1. The lowest BCUT2D eigenvalue weighted by Crippen LogP contribution is -2.24. The fourth-order valence-electron chi connectivity index (χ4n) is 3.10. The number of carbonyl (C=O) groups excluding carboxylic acids is 2. The van der Waals surface area contributed by atoms with Gasteiger partial charge in [-0.2, -0.15) is 0 Å². The molecule has 0 N–H and O–H groups in total. The van der Waals surface area contributed by atoms with Crippen LogP contribution in [0.25, 0.3) is 11.5 Å². The van der Waals surface area contributed by atoms with Crippen molar-refractivity contribution >= 4 is 17.6 Å². The van der Waals surface area contributed by atoms with Crippen molar-refractivity contribution in [2.75, 3.05) is 11.4 Å². The van der Waals surface area contributed by atoms with Crippen LogP contribution in [0.1, 0.15) is 42.1 Å². The quantitative estimate of drug-likeness (QED) is 0.629. The van der Waals surface area contributed by atoms with Gasteiger partial charge in [0.15, 0.2) is 6.10 Å². The molecule has 2 heterocycles. The van der Waals surface area contributed by atoms with Crippen LogP contribution in [-0.2, 0) is 9.53 Å². The maximum absolute atomic E-state index is 12.5. The number of ether oxygens (including phenoxy) is 1. The van der Waals surface area contributed by atoms with Crippen molar-refractivity contribution in [1.82, 2.24) is 10.2 Å². The Hall–Kier alpha value is -3.48. The molecule has 2 aromatic carbocycles. The van der Waals surface area contributed by atoms with E-state index in [9.17, 15) is 9.59 Å². The van der Waals surface area contributed by atoms with Crippen molar-refractivity contribution in [3.8, 4) is 11.5 Å². The highest BCUT2D eigenvalue weighted by Gasteiger charge is 2.24. The van der Waals surface area contributed by atoms with Crippen molar-refractivity contribution in [3.63, 3.8) is 0 Å². The fourth-order valence-corrected chi connectivity index (χ4v) is 3.10. The molecule has 0 aliphatic carbocycles.